The van der Waals surface area contributed by atoms with Crippen molar-refractivity contribution in [2.75, 3.05) is 7.11 Å². The van der Waals surface area contributed by atoms with Crippen molar-refractivity contribution < 1.29 is 4.74 Å². The smallest absolute Gasteiger partial charge is 0.251 e. The van der Waals surface area contributed by atoms with Crippen molar-refractivity contribution >= 4 is 11.5 Å². The molecule has 0 spiro atoms. The van der Waals surface area contributed by atoms with E-state index in [1.54, 1.807) is 13.2 Å². The first kappa shape index (κ1) is 8.89. The van der Waals surface area contributed by atoms with Crippen LogP contribution in [0.25, 0.3) is 10.7 Å². The fourth-order valence-corrected chi connectivity index (χ4v) is 1.62. The number of ether oxygens (including phenoxy) is 1. The largest absolute Gasteiger partial charge is 0.480 e. The summed E-state index contributed by atoms with van der Waals surface area (Å²) in [5, 5.41) is 0. The topological polar surface area (TPSA) is 67.9 Å². The fraction of sp³-hybridized carbons (Fsp3) is 0.125. The molecule has 14 heavy (non-hydrogen) atoms. The van der Waals surface area contributed by atoms with Crippen molar-refractivity contribution in [3.8, 4) is 16.6 Å². The van der Waals surface area contributed by atoms with E-state index in [1.807, 2.05) is 0 Å². The molecule has 6 heteroatoms. The molecule has 5 nitrogen and oxygen atoms in total. The lowest BCUT2D eigenvalue weighted by atomic mass is 10.4. The van der Waals surface area contributed by atoms with Crippen molar-refractivity contribution in [1.82, 2.24) is 14.3 Å². The van der Waals surface area contributed by atoms with E-state index in [0.29, 0.717) is 11.7 Å². The first-order valence-electron chi connectivity index (χ1n) is 3.86. The summed E-state index contributed by atoms with van der Waals surface area (Å²) >= 11 is 1.23. The van der Waals surface area contributed by atoms with Crippen LogP contribution < -0.4 is 10.3 Å². The molecule has 0 aromatic carbocycles. The number of H-pyrrole nitrogens is 1. The first-order valence-corrected chi connectivity index (χ1v) is 4.63. The Morgan fingerprint density at radius 2 is 2.43 bits per heavy atom. The minimum Gasteiger partial charge on any atom is -0.480 e. The summed E-state index contributed by atoms with van der Waals surface area (Å²) in [4.78, 5) is 18.4. The zero-order valence-electron chi connectivity index (χ0n) is 7.35. The molecule has 0 aliphatic rings. The third kappa shape index (κ3) is 1.64. The summed E-state index contributed by atoms with van der Waals surface area (Å²) < 4.78 is 8.92. The molecule has 0 fully saturated rings. The van der Waals surface area contributed by atoms with Gasteiger partial charge in [0.05, 0.1) is 12.0 Å². The standard InChI is InChI=1S/C8H7N3O2S/c1-13-7-4-5(14-11-7)8-9-3-2-6(12)10-8/h2-4H,1H3,(H,9,10,12). The predicted molar refractivity (Wildman–Crippen MR) is 52.5 cm³/mol. The predicted octanol–water partition coefficient (Wildman–Crippen LogP) is 0.902. The Morgan fingerprint density at radius 1 is 1.57 bits per heavy atom. The molecule has 0 aliphatic heterocycles. The molecule has 2 heterocycles. The van der Waals surface area contributed by atoms with Gasteiger partial charge in [0, 0.05) is 18.3 Å². The molecule has 0 unspecified atom stereocenters. The third-order valence-corrected chi connectivity index (χ3v) is 2.38. The van der Waals surface area contributed by atoms with Crippen LogP contribution in [0.1, 0.15) is 0 Å². The highest BCUT2D eigenvalue weighted by Gasteiger charge is 2.05. The lowest BCUT2D eigenvalue weighted by Gasteiger charge is -1.92. The van der Waals surface area contributed by atoms with Gasteiger partial charge in [0.2, 0.25) is 5.88 Å². The zero-order chi connectivity index (χ0) is 9.97. The fourth-order valence-electron chi connectivity index (χ4n) is 0.962. The SMILES string of the molecule is COc1cc(-c2nccc(=O)[nH]2)sn1. The van der Waals surface area contributed by atoms with Crippen LogP contribution >= 0.6 is 11.5 Å². The Kier molecular flexibility index (Phi) is 2.28. The molecular weight excluding hydrogens is 202 g/mol. The number of methoxy groups -OCH3 is 1. The minimum atomic E-state index is -0.178. The van der Waals surface area contributed by atoms with Crippen molar-refractivity contribution in [2.45, 2.75) is 0 Å². The van der Waals surface area contributed by atoms with Gasteiger partial charge in [-0.1, -0.05) is 0 Å². The second-order valence-corrected chi connectivity index (χ2v) is 3.32. The number of nitrogens with one attached hydrogen (secondary N) is 1. The van der Waals surface area contributed by atoms with Crippen LogP contribution in [-0.2, 0) is 0 Å². The molecule has 0 bridgehead atoms. The van der Waals surface area contributed by atoms with Crippen LogP contribution in [0.15, 0.2) is 23.1 Å². The van der Waals surface area contributed by atoms with E-state index < -0.39 is 0 Å². The van der Waals surface area contributed by atoms with Crippen LogP contribution in [0.3, 0.4) is 0 Å². The molecule has 0 amide bonds. The van der Waals surface area contributed by atoms with Crippen molar-refractivity contribution in [3.63, 3.8) is 0 Å². The zero-order valence-corrected chi connectivity index (χ0v) is 8.17. The molecule has 0 saturated heterocycles. The maximum Gasteiger partial charge on any atom is 0.251 e. The van der Waals surface area contributed by atoms with Crippen LogP contribution in [0.4, 0.5) is 0 Å². The van der Waals surface area contributed by atoms with E-state index in [0.717, 1.165) is 4.88 Å². The van der Waals surface area contributed by atoms with Crippen molar-refractivity contribution in [2.24, 2.45) is 0 Å². The van der Waals surface area contributed by atoms with E-state index in [9.17, 15) is 4.79 Å². The van der Waals surface area contributed by atoms with Gasteiger partial charge < -0.3 is 9.72 Å². The number of rotatable bonds is 2. The summed E-state index contributed by atoms with van der Waals surface area (Å²) in [5.74, 6) is 1.04. The minimum absolute atomic E-state index is 0.178. The number of hydrogen-bond acceptors (Lipinski definition) is 5. The average molecular weight is 209 g/mol. The summed E-state index contributed by atoms with van der Waals surface area (Å²) in [7, 11) is 1.54. The molecule has 0 saturated carbocycles. The van der Waals surface area contributed by atoms with Gasteiger partial charge in [0.25, 0.3) is 5.56 Å². The molecule has 72 valence electrons. The van der Waals surface area contributed by atoms with Gasteiger partial charge in [-0.15, -0.1) is 0 Å². The summed E-state index contributed by atoms with van der Waals surface area (Å²) in [6.45, 7) is 0. The van der Waals surface area contributed by atoms with Crippen LogP contribution in [0.5, 0.6) is 5.88 Å². The van der Waals surface area contributed by atoms with Gasteiger partial charge in [-0.25, -0.2) is 4.98 Å². The molecule has 2 aromatic heterocycles. The first-order chi connectivity index (χ1) is 6.79. The van der Waals surface area contributed by atoms with Gasteiger partial charge in [-0.05, 0) is 11.5 Å². The second-order valence-electron chi connectivity index (χ2n) is 2.52. The van der Waals surface area contributed by atoms with Crippen molar-refractivity contribution in [1.29, 1.82) is 0 Å². The molecule has 0 radical (unpaired) electrons. The highest BCUT2D eigenvalue weighted by molar-refractivity contribution is 7.09. The number of aromatic nitrogens is 3. The molecule has 1 N–H and O–H groups in total. The van der Waals surface area contributed by atoms with Gasteiger partial charge >= 0.3 is 0 Å². The lowest BCUT2D eigenvalue weighted by Crippen LogP contribution is -2.04. The Balaban J connectivity index is 2.44. The highest BCUT2D eigenvalue weighted by atomic mass is 32.1. The van der Waals surface area contributed by atoms with Crippen LogP contribution in [0.2, 0.25) is 0 Å². The Labute approximate surface area is 83.6 Å². The van der Waals surface area contributed by atoms with Crippen LogP contribution in [-0.4, -0.2) is 21.5 Å². The van der Waals surface area contributed by atoms with E-state index in [-0.39, 0.29) is 5.56 Å². The lowest BCUT2D eigenvalue weighted by molar-refractivity contribution is 0.403. The average Bonchev–Trinajstić information content (AvgIpc) is 2.66. The maximum atomic E-state index is 11.0. The van der Waals surface area contributed by atoms with Gasteiger partial charge in [-0.2, -0.15) is 4.37 Å². The number of aromatic amines is 1. The molecule has 2 rings (SSSR count). The van der Waals surface area contributed by atoms with E-state index >= 15 is 0 Å². The quantitative estimate of drug-likeness (QED) is 0.798. The third-order valence-electron chi connectivity index (χ3n) is 1.60. The second kappa shape index (κ2) is 3.59. The van der Waals surface area contributed by atoms with E-state index in [1.165, 1.54) is 23.8 Å². The van der Waals surface area contributed by atoms with E-state index in [4.69, 9.17) is 4.74 Å². The highest BCUT2D eigenvalue weighted by Crippen LogP contribution is 2.23. The summed E-state index contributed by atoms with van der Waals surface area (Å²) in [6.07, 6.45) is 1.46. The Morgan fingerprint density at radius 3 is 3.07 bits per heavy atom. The summed E-state index contributed by atoms with van der Waals surface area (Å²) in [5.41, 5.74) is -0.178. The summed E-state index contributed by atoms with van der Waals surface area (Å²) in [6, 6.07) is 3.09. The maximum absolute atomic E-state index is 11.0. The van der Waals surface area contributed by atoms with Crippen molar-refractivity contribution in [3.05, 3.63) is 28.7 Å². The Bertz CT molecular complexity index is 491. The molecule has 2 aromatic rings. The molecule has 0 atom stereocenters. The van der Waals surface area contributed by atoms with Gasteiger partial charge in [0.15, 0.2) is 5.82 Å². The van der Waals surface area contributed by atoms with E-state index in [2.05, 4.69) is 14.3 Å². The number of nitrogens with zero attached hydrogens (tertiary/aromatic N) is 2. The van der Waals surface area contributed by atoms with Gasteiger partial charge in [0.1, 0.15) is 0 Å². The molecule has 0 aliphatic carbocycles. The van der Waals surface area contributed by atoms with Gasteiger partial charge in [-0.3, -0.25) is 4.79 Å². The van der Waals surface area contributed by atoms with Crippen LogP contribution in [0, 0.1) is 0 Å². The Hall–Kier alpha value is -1.69. The normalized spacial score (nSPS) is 10.1. The number of hydrogen-bond donors (Lipinski definition) is 1. The molecular formula is C8H7N3O2S. The monoisotopic (exact) mass is 209 g/mol.